The summed E-state index contributed by atoms with van der Waals surface area (Å²) in [5.74, 6) is -0.983. The zero-order valence-corrected chi connectivity index (χ0v) is 10.5. The molecule has 0 atom stereocenters. The number of pyridine rings is 1. The van der Waals surface area contributed by atoms with Gasteiger partial charge in [-0.25, -0.2) is 4.79 Å². The molecule has 6 heteroatoms. The van der Waals surface area contributed by atoms with E-state index in [2.05, 4.69) is 10.3 Å². The number of nitrogens with two attached hydrogens (primary N) is 1. The van der Waals surface area contributed by atoms with Crippen molar-refractivity contribution >= 4 is 17.7 Å². The van der Waals surface area contributed by atoms with Crippen molar-refractivity contribution < 1.29 is 14.7 Å². The molecule has 0 saturated carbocycles. The van der Waals surface area contributed by atoms with E-state index < -0.39 is 12.0 Å². The molecule has 4 N–H and O–H groups in total. The summed E-state index contributed by atoms with van der Waals surface area (Å²) in [7, 11) is 0. The van der Waals surface area contributed by atoms with Crippen LogP contribution >= 0.6 is 0 Å². The van der Waals surface area contributed by atoms with Gasteiger partial charge in [-0.05, 0) is 23.8 Å². The van der Waals surface area contributed by atoms with Gasteiger partial charge in [-0.15, -0.1) is 0 Å². The summed E-state index contributed by atoms with van der Waals surface area (Å²) >= 11 is 0. The minimum Gasteiger partial charge on any atom is -0.481 e. The van der Waals surface area contributed by atoms with Crippen molar-refractivity contribution in [3.05, 3.63) is 48.2 Å². The normalized spacial score (nSPS) is 10.0. The third-order valence-corrected chi connectivity index (χ3v) is 2.67. The van der Waals surface area contributed by atoms with E-state index in [-0.39, 0.29) is 6.42 Å². The molecule has 0 unspecified atom stereocenters. The first-order valence-corrected chi connectivity index (χ1v) is 5.89. The number of aromatic nitrogens is 1. The Morgan fingerprint density at radius 3 is 2.65 bits per heavy atom. The number of nitrogens with one attached hydrogen (secondary N) is 1. The van der Waals surface area contributed by atoms with Gasteiger partial charge in [0.25, 0.3) is 0 Å². The summed E-state index contributed by atoms with van der Waals surface area (Å²) in [6.07, 6.45) is 1.46. The molecule has 1 aromatic heterocycles. The lowest BCUT2D eigenvalue weighted by Crippen LogP contribution is -2.20. The molecule has 0 fully saturated rings. The number of amides is 2. The molecule has 0 aliphatic heterocycles. The van der Waals surface area contributed by atoms with Crippen LogP contribution in [0.1, 0.15) is 5.56 Å². The summed E-state index contributed by atoms with van der Waals surface area (Å²) in [5, 5.41) is 11.3. The van der Waals surface area contributed by atoms with Gasteiger partial charge in [0, 0.05) is 17.4 Å². The molecule has 2 aromatic rings. The van der Waals surface area contributed by atoms with Crippen molar-refractivity contribution in [3.8, 4) is 11.3 Å². The van der Waals surface area contributed by atoms with Crippen molar-refractivity contribution in [2.24, 2.45) is 5.73 Å². The average Bonchev–Trinajstić information content (AvgIpc) is 2.40. The number of benzene rings is 1. The maximum absolute atomic E-state index is 11.0. The summed E-state index contributed by atoms with van der Waals surface area (Å²) in [4.78, 5) is 26.0. The second-order valence-corrected chi connectivity index (χ2v) is 4.15. The van der Waals surface area contributed by atoms with Crippen LogP contribution in [0.5, 0.6) is 0 Å². The van der Waals surface area contributed by atoms with Crippen LogP contribution in [0.25, 0.3) is 11.3 Å². The van der Waals surface area contributed by atoms with Gasteiger partial charge in [0.1, 0.15) is 0 Å². The number of primary amides is 1. The Kier molecular flexibility index (Phi) is 3.95. The zero-order chi connectivity index (χ0) is 14.5. The highest BCUT2D eigenvalue weighted by Crippen LogP contribution is 2.24. The number of anilines is 1. The zero-order valence-electron chi connectivity index (χ0n) is 10.5. The Hall–Kier alpha value is -2.89. The van der Waals surface area contributed by atoms with Crippen LogP contribution in [-0.2, 0) is 11.2 Å². The molecular formula is C14H13N3O3. The molecule has 0 aliphatic carbocycles. The van der Waals surface area contributed by atoms with Crippen molar-refractivity contribution in [3.63, 3.8) is 0 Å². The Bertz CT molecular complexity index is 641. The number of carboxylic acids is 1. The van der Waals surface area contributed by atoms with Crippen molar-refractivity contribution in [1.82, 2.24) is 4.98 Å². The smallest absolute Gasteiger partial charge is 0.316 e. The van der Waals surface area contributed by atoms with Crippen LogP contribution in [0.2, 0.25) is 0 Å². The van der Waals surface area contributed by atoms with Crippen LogP contribution in [0.4, 0.5) is 10.5 Å². The molecular weight excluding hydrogens is 258 g/mol. The number of aliphatic carboxylic acids is 1. The van der Waals surface area contributed by atoms with E-state index in [1.54, 1.807) is 30.5 Å². The molecule has 102 valence electrons. The van der Waals surface area contributed by atoms with Gasteiger partial charge in [0.2, 0.25) is 0 Å². The number of hydrogen-bond acceptors (Lipinski definition) is 3. The molecule has 1 aromatic carbocycles. The monoisotopic (exact) mass is 271 g/mol. The minimum atomic E-state index is -0.983. The van der Waals surface area contributed by atoms with Crippen molar-refractivity contribution in [2.75, 3.05) is 5.32 Å². The van der Waals surface area contributed by atoms with E-state index in [4.69, 9.17) is 10.8 Å². The Labute approximate surface area is 115 Å². The standard InChI is InChI=1S/C14H13N3O3/c15-14(20)17-12-7-9(11-3-1-2-6-16-11)4-5-10(12)8-13(18)19/h1-7H,8H2,(H,18,19)(H3,15,17,20). The quantitative estimate of drug-likeness (QED) is 0.789. The Morgan fingerprint density at radius 2 is 2.05 bits per heavy atom. The van der Waals surface area contributed by atoms with Crippen LogP contribution in [0.15, 0.2) is 42.6 Å². The molecule has 0 spiro atoms. The number of urea groups is 1. The van der Waals surface area contributed by atoms with Crippen LogP contribution in [-0.4, -0.2) is 22.1 Å². The highest BCUT2D eigenvalue weighted by Gasteiger charge is 2.10. The number of carbonyl (C=O) groups is 2. The van der Waals surface area contributed by atoms with E-state index in [1.807, 2.05) is 12.1 Å². The second-order valence-electron chi connectivity index (χ2n) is 4.15. The third kappa shape index (κ3) is 3.32. The van der Waals surface area contributed by atoms with Gasteiger partial charge >= 0.3 is 12.0 Å². The number of rotatable bonds is 4. The molecule has 0 aliphatic rings. The predicted molar refractivity (Wildman–Crippen MR) is 74.2 cm³/mol. The SMILES string of the molecule is NC(=O)Nc1cc(-c2ccccn2)ccc1CC(=O)O. The highest BCUT2D eigenvalue weighted by atomic mass is 16.4. The van der Waals surface area contributed by atoms with Crippen molar-refractivity contribution in [2.45, 2.75) is 6.42 Å². The molecule has 0 radical (unpaired) electrons. The topological polar surface area (TPSA) is 105 Å². The summed E-state index contributed by atoms with van der Waals surface area (Å²) in [5.41, 5.74) is 7.45. The highest BCUT2D eigenvalue weighted by molar-refractivity contribution is 5.90. The van der Waals surface area contributed by atoms with E-state index in [9.17, 15) is 9.59 Å². The Balaban J connectivity index is 2.42. The average molecular weight is 271 g/mol. The van der Waals surface area contributed by atoms with Gasteiger partial charge in [-0.2, -0.15) is 0 Å². The Morgan fingerprint density at radius 1 is 1.25 bits per heavy atom. The van der Waals surface area contributed by atoms with Gasteiger partial charge < -0.3 is 16.2 Å². The van der Waals surface area contributed by atoms with Gasteiger partial charge in [-0.3, -0.25) is 9.78 Å². The number of hydrogen-bond donors (Lipinski definition) is 3. The number of nitrogens with zero attached hydrogens (tertiary/aromatic N) is 1. The first-order chi connectivity index (χ1) is 9.56. The third-order valence-electron chi connectivity index (χ3n) is 2.67. The van der Waals surface area contributed by atoms with Crippen LogP contribution in [0.3, 0.4) is 0 Å². The molecule has 2 rings (SSSR count). The van der Waals surface area contributed by atoms with E-state index in [0.717, 1.165) is 11.3 Å². The fourth-order valence-corrected chi connectivity index (χ4v) is 1.84. The maximum Gasteiger partial charge on any atom is 0.316 e. The summed E-state index contributed by atoms with van der Waals surface area (Å²) in [6, 6.07) is 9.77. The summed E-state index contributed by atoms with van der Waals surface area (Å²) < 4.78 is 0. The van der Waals surface area contributed by atoms with E-state index in [0.29, 0.717) is 11.3 Å². The lowest BCUT2D eigenvalue weighted by atomic mass is 10.0. The van der Waals surface area contributed by atoms with E-state index >= 15 is 0 Å². The lowest BCUT2D eigenvalue weighted by Gasteiger charge is -2.10. The minimum absolute atomic E-state index is 0.196. The molecule has 2 amide bonds. The molecule has 1 heterocycles. The van der Waals surface area contributed by atoms with Crippen molar-refractivity contribution in [1.29, 1.82) is 0 Å². The maximum atomic E-state index is 11.0. The fourth-order valence-electron chi connectivity index (χ4n) is 1.84. The lowest BCUT2D eigenvalue weighted by molar-refractivity contribution is -0.136. The van der Waals surface area contributed by atoms with E-state index in [1.165, 1.54) is 0 Å². The molecule has 20 heavy (non-hydrogen) atoms. The molecule has 0 bridgehead atoms. The summed E-state index contributed by atoms with van der Waals surface area (Å²) in [6.45, 7) is 0. The number of carbonyl (C=O) groups excluding carboxylic acids is 1. The number of carboxylic acid groups (broad SMARTS) is 1. The first kappa shape index (κ1) is 13.5. The van der Waals surface area contributed by atoms with Gasteiger partial charge in [0.15, 0.2) is 0 Å². The molecule has 6 nitrogen and oxygen atoms in total. The van der Waals surface area contributed by atoms with Gasteiger partial charge in [0.05, 0.1) is 12.1 Å². The largest absolute Gasteiger partial charge is 0.481 e. The van der Waals surface area contributed by atoms with Crippen LogP contribution < -0.4 is 11.1 Å². The van der Waals surface area contributed by atoms with Gasteiger partial charge in [-0.1, -0.05) is 18.2 Å². The fraction of sp³-hybridized carbons (Fsp3) is 0.0714. The molecule has 0 saturated heterocycles. The first-order valence-electron chi connectivity index (χ1n) is 5.89. The second kappa shape index (κ2) is 5.83. The van der Waals surface area contributed by atoms with Crippen LogP contribution in [0, 0.1) is 0 Å². The predicted octanol–water partition coefficient (Wildman–Crippen LogP) is 1.87.